The Labute approximate surface area is 85.3 Å². The standard InChI is InChI=1S/C7H8O.C4H9NO/c1-8-7-5-3-2-4-6-7;1-4(6)5(2)3/h2-6H,1H3;1-3H3. The Hall–Kier alpha value is -1.51. The number of hydrogen-bond donors (Lipinski definition) is 0. The van der Waals surface area contributed by atoms with Gasteiger partial charge in [0, 0.05) is 21.0 Å². The van der Waals surface area contributed by atoms with Crippen molar-refractivity contribution in [2.75, 3.05) is 21.2 Å². The molecule has 78 valence electrons. The number of nitrogens with zero attached hydrogens (tertiary/aromatic N) is 1. The highest BCUT2D eigenvalue weighted by Crippen LogP contribution is 2.05. The van der Waals surface area contributed by atoms with Crippen LogP contribution in [0.2, 0.25) is 0 Å². The van der Waals surface area contributed by atoms with Gasteiger partial charge in [-0.1, -0.05) is 18.2 Å². The number of hydrogen-bond acceptors (Lipinski definition) is 2. The number of para-hydroxylation sites is 1. The van der Waals surface area contributed by atoms with Crippen molar-refractivity contribution in [3.05, 3.63) is 30.3 Å². The first-order valence-electron chi connectivity index (χ1n) is 4.35. The Kier molecular flexibility index (Phi) is 6.20. The van der Waals surface area contributed by atoms with E-state index >= 15 is 0 Å². The second kappa shape index (κ2) is 6.95. The number of amides is 1. The van der Waals surface area contributed by atoms with Gasteiger partial charge in [0.1, 0.15) is 5.75 Å². The molecule has 0 heterocycles. The van der Waals surface area contributed by atoms with Crippen LogP contribution in [0.1, 0.15) is 6.92 Å². The molecule has 1 aromatic rings. The van der Waals surface area contributed by atoms with Crippen LogP contribution in [0.25, 0.3) is 0 Å². The lowest BCUT2D eigenvalue weighted by Gasteiger charge is -2.02. The largest absolute Gasteiger partial charge is 0.497 e. The van der Waals surface area contributed by atoms with E-state index in [2.05, 4.69) is 0 Å². The molecule has 0 aliphatic heterocycles. The summed E-state index contributed by atoms with van der Waals surface area (Å²) in [7, 11) is 5.11. The summed E-state index contributed by atoms with van der Waals surface area (Å²) in [4.78, 5) is 11.6. The van der Waals surface area contributed by atoms with Crippen molar-refractivity contribution in [2.45, 2.75) is 6.92 Å². The van der Waals surface area contributed by atoms with Crippen molar-refractivity contribution in [3.8, 4) is 5.75 Å². The van der Waals surface area contributed by atoms with Crippen LogP contribution in [0.15, 0.2) is 30.3 Å². The third kappa shape index (κ3) is 6.06. The minimum atomic E-state index is 0.0926. The fourth-order valence-electron chi connectivity index (χ4n) is 0.557. The molecule has 0 N–H and O–H groups in total. The van der Waals surface area contributed by atoms with Gasteiger partial charge < -0.3 is 9.64 Å². The number of carbonyl (C=O) groups excluding carboxylic acids is 1. The van der Waals surface area contributed by atoms with Crippen LogP contribution in [0.4, 0.5) is 0 Å². The van der Waals surface area contributed by atoms with E-state index in [4.69, 9.17) is 4.74 Å². The fourth-order valence-corrected chi connectivity index (χ4v) is 0.557. The molecule has 0 radical (unpaired) electrons. The van der Waals surface area contributed by atoms with E-state index < -0.39 is 0 Å². The van der Waals surface area contributed by atoms with Crippen LogP contribution in [0.3, 0.4) is 0 Å². The molecular weight excluding hydrogens is 178 g/mol. The minimum absolute atomic E-state index is 0.0926. The Morgan fingerprint density at radius 2 is 1.64 bits per heavy atom. The quantitative estimate of drug-likeness (QED) is 0.683. The van der Waals surface area contributed by atoms with Crippen molar-refractivity contribution in [2.24, 2.45) is 0 Å². The monoisotopic (exact) mass is 195 g/mol. The number of rotatable bonds is 1. The van der Waals surface area contributed by atoms with Gasteiger partial charge in [0.25, 0.3) is 0 Å². The molecule has 1 aromatic carbocycles. The maximum atomic E-state index is 10.1. The topological polar surface area (TPSA) is 29.5 Å². The molecule has 0 aromatic heterocycles. The zero-order valence-corrected chi connectivity index (χ0v) is 9.15. The van der Waals surface area contributed by atoms with Crippen molar-refractivity contribution in [1.82, 2.24) is 4.90 Å². The average molecular weight is 195 g/mol. The predicted octanol–water partition coefficient (Wildman–Crippen LogP) is 1.79. The summed E-state index contributed by atoms with van der Waals surface area (Å²) in [6, 6.07) is 9.68. The highest BCUT2D eigenvalue weighted by Gasteiger charge is 1.87. The van der Waals surface area contributed by atoms with E-state index in [-0.39, 0.29) is 5.91 Å². The third-order valence-electron chi connectivity index (χ3n) is 1.61. The normalized spacial score (nSPS) is 8.29. The summed E-state index contributed by atoms with van der Waals surface area (Å²) in [5, 5.41) is 0. The average Bonchev–Trinajstić information content (AvgIpc) is 2.20. The molecule has 0 unspecified atom stereocenters. The Morgan fingerprint density at radius 3 is 1.86 bits per heavy atom. The predicted molar refractivity (Wildman–Crippen MR) is 57.4 cm³/mol. The van der Waals surface area contributed by atoms with E-state index in [1.807, 2.05) is 30.3 Å². The molecule has 0 aliphatic carbocycles. The number of carbonyl (C=O) groups is 1. The van der Waals surface area contributed by atoms with Crippen LogP contribution in [0.5, 0.6) is 5.75 Å². The Balaban J connectivity index is 0.000000255. The second-order valence-corrected chi connectivity index (χ2v) is 2.93. The van der Waals surface area contributed by atoms with Gasteiger partial charge in [-0.25, -0.2) is 0 Å². The number of methoxy groups -OCH3 is 1. The van der Waals surface area contributed by atoms with E-state index in [0.29, 0.717) is 0 Å². The van der Waals surface area contributed by atoms with Crippen molar-refractivity contribution >= 4 is 5.91 Å². The van der Waals surface area contributed by atoms with Gasteiger partial charge in [-0.05, 0) is 12.1 Å². The molecule has 0 fully saturated rings. The smallest absolute Gasteiger partial charge is 0.218 e. The lowest BCUT2D eigenvalue weighted by Crippen LogP contribution is -2.17. The zero-order chi connectivity index (χ0) is 11.0. The van der Waals surface area contributed by atoms with Gasteiger partial charge in [0.2, 0.25) is 5.91 Å². The number of ether oxygens (including phenoxy) is 1. The van der Waals surface area contributed by atoms with Crippen molar-refractivity contribution < 1.29 is 9.53 Å². The molecule has 0 bridgehead atoms. The van der Waals surface area contributed by atoms with Gasteiger partial charge in [-0.15, -0.1) is 0 Å². The maximum Gasteiger partial charge on any atom is 0.218 e. The van der Waals surface area contributed by atoms with Gasteiger partial charge in [-0.3, -0.25) is 4.79 Å². The molecule has 14 heavy (non-hydrogen) atoms. The summed E-state index contributed by atoms with van der Waals surface area (Å²) < 4.78 is 4.91. The molecule has 0 aliphatic rings. The highest BCUT2D eigenvalue weighted by molar-refractivity contribution is 5.72. The lowest BCUT2D eigenvalue weighted by atomic mass is 10.3. The maximum absolute atomic E-state index is 10.1. The Morgan fingerprint density at radius 1 is 1.21 bits per heavy atom. The second-order valence-electron chi connectivity index (χ2n) is 2.93. The summed E-state index contributed by atoms with van der Waals surface area (Å²) >= 11 is 0. The van der Waals surface area contributed by atoms with Crippen LogP contribution in [0, 0.1) is 0 Å². The van der Waals surface area contributed by atoms with E-state index in [1.54, 1.807) is 21.2 Å². The van der Waals surface area contributed by atoms with Gasteiger partial charge >= 0.3 is 0 Å². The summed E-state index contributed by atoms with van der Waals surface area (Å²) in [6.45, 7) is 1.53. The molecule has 0 atom stereocenters. The van der Waals surface area contributed by atoms with E-state index in [1.165, 1.54) is 11.8 Å². The summed E-state index contributed by atoms with van der Waals surface area (Å²) in [5.74, 6) is 1.00. The molecule has 1 amide bonds. The first-order valence-corrected chi connectivity index (χ1v) is 4.35. The molecule has 3 nitrogen and oxygen atoms in total. The van der Waals surface area contributed by atoms with E-state index in [0.717, 1.165) is 5.75 Å². The third-order valence-corrected chi connectivity index (χ3v) is 1.61. The molecule has 0 saturated heterocycles. The molecule has 0 spiro atoms. The lowest BCUT2D eigenvalue weighted by molar-refractivity contribution is -0.126. The van der Waals surface area contributed by atoms with Gasteiger partial charge in [0.05, 0.1) is 7.11 Å². The van der Waals surface area contributed by atoms with Crippen LogP contribution in [-0.4, -0.2) is 32.0 Å². The summed E-state index contributed by atoms with van der Waals surface area (Å²) in [6.07, 6.45) is 0. The van der Waals surface area contributed by atoms with Gasteiger partial charge in [0.15, 0.2) is 0 Å². The number of benzene rings is 1. The van der Waals surface area contributed by atoms with Crippen molar-refractivity contribution in [3.63, 3.8) is 0 Å². The molecule has 1 rings (SSSR count). The first-order chi connectivity index (χ1) is 6.57. The van der Waals surface area contributed by atoms with Crippen molar-refractivity contribution in [1.29, 1.82) is 0 Å². The SMILES string of the molecule is CC(=O)N(C)C.COc1ccccc1. The van der Waals surface area contributed by atoms with E-state index in [9.17, 15) is 4.79 Å². The van der Waals surface area contributed by atoms with Crippen LogP contribution >= 0.6 is 0 Å². The molecular formula is C11H17NO2. The minimum Gasteiger partial charge on any atom is -0.497 e. The molecule has 0 saturated carbocycles. The van der Waals surface area contributed by atoms with Crippen LogP contribution in [-0.2, 0) is 4.79 Å². The zero-order valence-electron chi connectivity index (χ0n) is 9.15. The van der Waals surface area contributed by atoms with Crippen LogP contribution < -0.4 is 4.74 Å². The first kappa shape index (κ1) is 12.5. The molecule has 3 heteroatoms. The highest BCUT2D eigenvalue weighted by atomic mass is 16.5. The summed E-state index contributed by atoms with van der Waals surface area (Å²) in [5.41, 5.74) is 0. The van der Waals surface area contributed by atoms with Gasteiger partial charge in [-0.2, -0.15) is 0 Å². The Bertz CT molecular complexity index is 257. The fraction of sp³-hybridized carbons (Fsp3) is 0.364.